The number of thiophene rings is 1. The topological polar surface area (TPSA) is 42.0 Å². The van der Waals surface area contributed by atoms with E-state index in [1.807, 2.05) is 23.8 Å². The van der Waals surface area contributed by atoms with Crippen molar-refractivity contribution in [3.63, 3.8) is 0 Å². The van der Waals surface area contributed by atoms with Gasteiger partial charge in [-0.1, -0.05) is 0 Å². The molecule has 0 saturated heterocycles. The van der Waals surface area contributed by atoms with E-state index in [4.69, 9.17) is 0 Å². The first-order chi connectivity index (χ1) is 8.25. The van der Waals surface area contributed by atoms with Crippen molar-refractivity contribution in [1.82, 2.24) is 4.98 Å². The Morgan fingerprint density at radius 3 is 3.06 bits per heavy atom. The van der Waals surface area contributed by atoms with Gasteiger partial charge < -0.3 is 5.32 Å². The van der Waals surface area contributed by atoms with Gasteiger partial charge in [0.1, 0.15) is 0 Å². The molecule has 2 rings (SSSR count). The molecule has 0 radical (unpaired) electrons. The summed E-state index contributed by atoms with van der Waals surface area (Å²) in [6.07, 6.45) is 6.70. The van der Waals surface area contributed by atoms with E-state index in [-0.39, 0.29) is 5.91 Å². The molecule has 3 nitrogen and oxygen atoms in total. The van der Waals surface area contributed by atoms with Gasteiger partial charge in [0.2, 0.25) is 5.91 Å². The zero-order valence-electron chi connectivity index (χ0n) is 9.38. The van der Waals surface area contributed by atoms with Crippen molar-refractivity contribution in [2.75, 3.05) is 5.32 Å². The number of aryl methyl sites for hydroxylation is 1. The van der Waals surface area contributed by atoms with Crippen LogP contribution in [0.5, 0.6) is 0 Å². The number of carbonyl (C=O) groups excluding carboxylic acids is 1. The van der Waals surface area contributed by atoms with Crippen LogP contribution in [0.25, 0.3) is 6.08 Å². The first-order valence-electron chi connectivity index (χ1n) is 5.17. The Balaban J connectivity index is 2.01. The quantitative estimate of drug-likeness (QED) is 0.843. The number of amides is 1. The molecule has 17 heavy (non-hydrogen) atoms. The molecular formula is C13H12N2OS. The van der Waals surface area contributed by atoms with E-state index < -0.39 is 0 Å². The fraction of sp³-hybridized carbons (Fsp3) is 0.0769. The van der Waals surface area contributed by atoms with Gasteiger partial charge in [0.25, 0.3) is 0 Å². The molecule has 0 unspecified atom stereocenters. The van der Waals surface area contributed by atoms with Crippen molar-refractivity contribution < 1.29 is 4.79 Å². The van der Waals surface area contributed by atoms with Gasteiger partial charge >= 0.3 is 0 Å². The van der Waals surface area contributed by atoms with Gasteiger partial charge in [-0.15, -0.1) is 0 Å². The average Bonchev–Trinajstić information content (AvgIpc) is 2.82. The summed E-state index contributed by atoms with van der Waals surface area (Å²) in [6.45, 7) is 1.91. The first kappa shape index (κ1) is 11.5. The standard InChI is InChI=1S/C13H12N2OS/c1-10-8-14-6-4-12(10)15-13(16)3-2-11-5-7-17-9-11/h2-9H,1H3,(H,14,15,16)/b3-2+. The first-order valence-corrected chi connectivity index (χ1v) is 6.12. The molecule has 86 valence electrons. The maximum Gasteiger partial charge on any atom is 0.248 e. The Labute approximate surface area is 104 Å². The summed E-state index contributed by atoms with van der Waals surface area (Å²) in [5.41, 5.74) is 2.78. The summed E-state index contributed by atoms with van der Waals surface area (Å²) in [5.74, 6) is -0.134. The Bertz CT molecular complexity index is 532. The second-order valence-electron chi connectivity index (χ2n) is 3.57. The minimum absolute atomic E-state index is 0.134. The zero-order chi connectivity index (χ0) is 12.1. The molecule has 1 amide bonds. The van der Waals surface area contributed by atoms with Crippen LogP contribution in [0.3, 0.4) is 0 Å². The minimum Gasteiger partial charge on any atom is -0.322 e. The van der Waals surface area contributed by atoms with Crippen molar-refractivity contribution >= 4 is 29.0 Å². The van der Waals surface area contributed by atoms with Crippen LogP contribution in [-0.2, 0) is 4.79 Å². The van der Waals surface area contributed by atoms with Crippen LogP contribution in [0.15, 0.2) is 41.4 Å². The van der Waals surface area contributed by atoms with Crippen molar-refractivity contribution in [3.05, 3.63) is 52.5 Å². The van der Waals surface area contributed by atoms with Crippen molar-refractivity contribution in [2.24, 2.45) is 0 Å². The SMILES string of the molecule is Cc1cnccc1NC(=O)/C=C/c1ccsc1. The van der Waals surface area contributed by atoms with Gasteiger partial charge in [-0.2, -0.15) is 11.3 Å². The third-order valence-corrected chi connectivity index (χ3v) is 2.95. The summed E-state index contributed by atoms with van der Waals surface area (Å²) >= 11 is 1.61. The highest BCUT2D eigenvalue weighted by Crippen LogP contribution is 2.12. The average molecular weight is 244 g/mol. The molecule has 0 fully saturated rings. The molecule has 2 aromatic rings. The number of anilines is 1. The van der Waals surface area contributed by atoms with E-state index in [2.05, 4.69) is 10.3 Å². The number of nitrogens with zero attached hydrogens (tertiary/aromatic N) is 1. The normalized spacial score (nSPS) is 10.6. The van der Waals surface area contributed by atoms with Gasteiger partial charge in [0, 0.05) is 24.2 Å². The Hall–Kier alpha value is -1.94. The Morgan fingerprint density at radius 1 is 1.47 bits per heavy atom. The number of rotatable bonds is 3. The maximum absolute atomic E-state index is 11.6. The van der Waals surface area contributed by atoms with E-state index in [0.717, 1.165) is 16.8 Å². The molecule has 0 aliphatic carbocycles. The van der Waals surface area contributed by atoms with Gasteiger partial charge in [0.05, 0.1) is 0 Å². The lowest BCUT2D eigenvalue weighted by atomic mass is 10.2. The number of pyridine rings is 1. The number of carbonyl (C=O) groups is 1. The fourth-order valence-electron chi connectivity index (χ4n) is 1.33. The van der Waals surface area contributed by atoms with Gasteiger partial charge in [-0.05, 0) is 47.0 Å². The Kier molecular flexibility index (Phi) is 3.67. The highest BCUT2D eigenvalue weighted by molar-refractivity contribution is 7.08. The van der Waals surface area contributed by atoms with Crippen molar-refractivity contribution in [2.45, 2.75) is 6.92 Å². The third kappa shape index (κ3) is 3.26. The lowest BCUT2D eigenvalue weighted by molar-refractivity contribution is -0.111. The van der Waals surface area contributed by atoms with E-state index in [0.29, 0.717) is 0 Å². The predicted molar refractivity (Wildman–Crippen MR) is 71.0 cm³/mol. The molecule has 4 heteroatoms. The molecule has 0 bridgehead atoms. The molecule has 1 N–H and O–H groups in total. The minimum atomic E-state index is -0.134. The van der Waals surface area contributed by atoms with E-state index in [1.165, 1.54) is 6.08 Å². The number of hydrogen-bond donors (Lipinski definition) is 1. The molecule has 2 heterocycles. The van der Waals surface area contributed by atoms with Crippen LogP contribution in [0.2, 0.25) is 0 Å². The van der Waals surface area contributed by atoms with E-state index in [9.17, 15) is 4.79 Å². The maximum atomic E-state index is 11.6. The lowest BCUT2D eigenvalue weighted by Crippen LogP contribution is -2.08. The van der Waals surface area contributed by atoms with Gasteiger partial charge in [0.15, 0.2) is 0 Å². The predicted octanol–water partition coefficient (Wildman–Crippen LogP) is 3.10. The van der Waals surface area contributed by atoms with Crippen molar-refractivity contribution in [3.8, 4) is 0 Å². The molecule has 0 aromatic carbocycles. The molecule has 0 spiro atoms. The smallest absolute Gasteiger partial charge is 0.248 e. The molecule has 0 atom stereocenters. The highest BCUT2D eigenvalue weighted by Gasteiger charge is 2.00. The lowest BCUT2D eigenvalue weighted by Gasteiger charge is -2.04. The van der Waals surface area contributed by atoms with Crippen LogP contribution in [0.4, 0.5) is 5.69 Å². The summed E-state index contributed by atoms with van der Waals surface area (Å²) in [4.78, 5) is 15.6. The number of nitrogens with one attached hydrogen (secondary N) is 1. The number of aromatic nitrogens is 1. The summed E-state index contributed by atoms with van der Waals surface area (Å²) < 4.78 is 0. The second-order valence-corrected chi connectivity index (χ2v) is 4.35. The fourth-order valence-corrected chi connectivity index (χ4v) is 1.96. The van der Waals surface area contributed by atoms with Crippen molar-refractivity contribution in [1.29, 1.82) is 0 Å². The molecular weight excluding hydrogens is 232 g/mol. The van der Waals surface area contributed by atoms with Crippen LogP contribution in [0.1, 0.15) is 11.1 Å². The van der Waals surface area contributed by atoms with E-state index in [1.54, 1.807) is 35.9 Å². The molecule has 0 aliphatic rings. The highest BCUT2D eigenvalue weighted by atomic mass is 32.1. The Morgan fingerprint density at radius 2 is 2.35 bits per heavy atom. The van der Waals surface area contributed by atoms with Crippen LogP contribution < -0.4 is 5.32 Å². The molecule has 0 saturated carbocycles. The van der Waals surface area contributed by atoms with Crippen LogP contribution in [0, 0.1) is 6.92 Å². The van der Waals surface area contributed by atoms with Crippen LogP contribution >= 0.6 is 11.3 Å². The van der Waals surface area contributed by atoms with Gasteiger partial charge in [-0.3, -0.25) is 9.78 Å². The number of hydrogen-bond acceptors (Lipinski definition) is 3. The van der Waals surface area contributed by atoms with E-state index >= 15 is 0 Å². The summed E-state index contributed by atoms with van der Waals surface area (Å²) in [6, 6.07) is 3.75. The van der Waals surface area contributed by atoms with Gasteiger partial charge in [-0.25, -0.2) is 0 Å². The largest absolute Gasteiger partial charge is 0.322 e. The monoisotopic (exact) mass is 244 g/mol. The second kappa shape index (κ2) is 5.41. The summed E-state index contributed by atoms with van der Waals surface area (Å²) in [7, 11) is 0. The van der Waals surface area contributed by atoms with Crippen LogP contribution in [-0.4, -0.2) is 10.9 Å². The zero-order valence-corrected chi connectivity index (χ0v) is 10.2. The summed E-state index contributed by atoms with van der Waals surface area (Å²) in [5, 5.41) is 6.77. The molecule has 2 aromatic heterocycles. The molecule has 0 aliphatic heterocycles. The third-order valence-electron chi connectivity index (χ3n) is 2.25.